The average molecular weight is 607 g/mol. The number of ether oxygens (including phenoxy) is 6. The standard InChI is InChI=1S/C36H30O9/c1-19(37)42-28-16-29-26(36-27(18-41-29)24-11-10-23(39-3)14-30(24)45-36)12-22(28)13-34-35(21-8-6-5-7-9-21)25-15-33(43-20(2)38)32(40-4)17-31(25)44-34/h5-12,14-17,27,36H,13,18H2,1-4H3/t27-,36-/m1/s1. The molecule has 0 bridgehead atoms. The second kappa shape index (κ2) is 11.2. The first kappa shape index (κ1) is 28.3. The third kappa shape index (κ3) is 5.10. The van der Waals surface area contributed by atoms with Crippen molar-refractivity contribution in [1.29, 1.82) is 0 Å². The Bertz CT molecular complexity index is 1960. The quantitative estimate of drug-likeness (QED) is 0.141. The lowest BCUT2D eigenvalue weighted by Crippen LogP contribution is -2.23. The lowest BCUT2D eigenvalue weighted by Gasteiger charge is -2.29. The third-order valence-electron chi connectivity index (χ3n) is 8.13. The maximum atomic E-state index is 12.2. The predicted molar refractivity (Wildman–Crippen MR) is 165 cm³/mol. The molecule has 0 unspecified atom stereocenters. The van der Waals surface area contributed by atoms with Crippen molar-refractivity contribution in [3.63, 3.8) is 0 Å². The van der Waals surface area contributed by atoms with Crippen molar-refractivity contribution in [2.75, 3.05) is 20.8 Å². The monoisotopic (exact) mass is 606 g/mol. The molecule has 0 radical (unpaired) electrons. The Balaban J connectivity index is 1.36. The van der Waals surface area contributed by atoms with Crippen molar-refractivity contribution in [2.45, 2.75) is 32.3 Å². The van der Waals surface area contributed by atoms with Gasteiger partial charge in [-0.1, -0.05) is 36.4 Å². The summed E-state index contributed by atoms with van der Waals surface area (Å²) < 4.78 is 41.3. The first-order valence-corrected chi connectivity index (χ1v) is 14.5. The van der Waals surface area contributed by atoms with Crippen molar-refractivity contribution in [3.05, 3.63) is 95.2 Å². The molecule has 3 heterocycles. The maximum Gasteiger partial charge on any atom is 0.308 e. The van der Waals surface area contributed by atoms with Gasteiger partial charge in [0.2, 0.25) is 0 Å². The number of hydrogen-bond donors (Lipinski definition) is 0. The van der Waals surface area contributed by atoms with E-state index in [4.69, 9.17) is 32.8 Å². The molecule has 0 saturated heterocycles. The molecule has 0 fully saturated rings. The van der Waals surface area contributed by atoms with Crippen LogP contribution in [0.3, 0.4) is 0 Å². The molecule has 4 aromatic carbocycles. The number of methoxy groups -OCH3 is 2. The predicted octanol–water partition coefficient (Wildman–Crippen LogP) is 7.17. The molecule has 0 amide bonds. The molecule has 5 aromatic rings. The van der Waals surface area contributed by atoms with E-state index in [9.17, 15) is 9.59 Å². The van der Waals surface area contributed by atoms with E-state index in [1.54, 1.807) is 25.3 Å². The van der Waals surface area contributed by atoms with Crippen molar-refractivity contribution in [2.24, 2.45) is 0 Å². The molecule has 9 heteroatoms. The second-order valence-corrected chi connectivity index (χ2v) is 11.0. The molecule has 0 spiro atoms. The van der Waals surface area contributed by atoms with Crippen molar-refractivity contribution in [1.82, 2.24) is 0 Å². The first-order valence-electron chi connectivity index (χ1n) is 14.5. The molecule has 0 N–H and O–H groups in total. The number of fused-ring (bicyclic) bond motifs is 6. The maximum absolute atomic E-state index is 12.2. The number of furan rings is 1. The molecular weight excluding hydrogens is 576 g/mol. The minimum atomic E-state index is -0.465. The van der Waals surface area contributed by atoms with Gasteiger partial charge in [0.25, 0.3) is 0 Å². The molecule has 2 atom stereocenters. The van der Waals surface area contributed by atoms with Gasteiger partial charge in [-0.3, -0.25) is 9.59 Å². The topological polar surface area (TPSA) is 103 Å². The second-order valence-electron chi connectivity index (χ2n) is 11.0. The molecule has 2 aliphatic heterocycles. The molecule has 228 valence electrons. The van der Waals surface area contributed by atoms with Crippen LogP contribution >= 0.6 is 0 Å². The third-order valence-corrected chi connectivity index (χ3v) is 8.13. The molecule has 45 heavy (non-hydrogen) atoms. The Hall–Kier alpha value is -5.44. The van der Waals surface area contributed by atoms with Gasteiger partial charge < -0.3 is 32.8 Å². The molecule has 9 nitrogen and oxygen atoms in total. The summed E-state index contributed by atoms with van der Waals surface area (Å²) in [6, 6.07) is 22.8. The van der Waals surface area contributed by atoms with E-state index in [2.05, 4.69) is 0 Å². The smallest absolute Gasteiger partial charge is 0.308 e. The summed E-state index contributed by atoms with van der Waals surface area (Å²) in [5, 5.41) is 0.743. The number of hydrogen-bond acceptors (Lipinski definition) is 9. The largest absolute Gasteiger partial charge is 0.497 e. The van der Waals surface area contributed by atoms with Crippen LogP contribution in [0.4, 0.5) is 0 Å². The minimum Gasteiger partial charge on any atom is -0.497 e. The molecular formula is C36H30O9. The van der Waals surface area contributed by atoms with Gasteiger partial charge in [-0.2, -0.15) is 0 Å². The minimum absolute atomic E-state index is 0.0101. The van der Waals surface area contributed by atoms with E-state index in [0.717, 1.165) is 33.4 Å². The summed E-state index contributed by atoms with van der Waals surface area (Å²) in [6.45, 7) is 3.13. The van der Waals surface area contributed by atoms with Gasteiger partial charge in [-0.25, -0.2) is 0 Å². The van der Waals surface area contributed by atoms with Crippen LogP contribution in [-0.2, 0) is 16.0 Å². The highest BCUT2D eigenvalue weighted by Gasteiger charge is 2.41. The summed E-state index contributed by atoms with van der Waals surface area (Å²) >= 11 is 0. The van der Waals surface area contributed by atoms with Gasteiger partial charge >= 0.3 is 11.9 Å². The summed E-state index contributed by atoms with van der Waals surface area (Å²) in [7, 11) is 3.13. The van der Waals surface area contributed by atoms with Crippen LogP contribution in [0.2, 0.25) is 0 Å². The van der Waals surface area contributed by atoms with Crippen LogP contribution in [0.15, 0.2) is 77.2 Å². The highest BCUT2D eigenvalue weighted by Crippen LogP contribution is 2.53. The number of benzene rings is 4. The number of rotatable bonds is 7. The molecule has 1 aromatic heterocycles. The Kier molecular flexibility index (Phi) is 7.08. The SMILES string of the molecule is COc1ccc2c(c1)O[C@@H]1c3cc(Cc4oc5cc(OC)c(OC(C)=O)cc5c4-c4ccccc4)c(OC(C)=O)cc3OC[C@H]21. The zero-order valence-corrected chi connectivity index (χ0v) is 25.2. The van der Waals surface area contributed by atoms with Crippen molar-refractivity contribution >= 4 is 22.9 Å². The molecule has 7 rings (SSSR count). The fraction of sp³-hybridized carbons (Fsp3) is 0.222. The summed E-state index contributed by atoms with van der Waals surface area (Å²) in [5.41, 5.74) is 4.90. The lowest BCUT2D eigenvalue weighted by atomic mass is 9.87. The van der Waals surface area contributed by atoms with Crippen LogP contribution in [0.5, 0.6) is 34.5 Å². The zero-order chi connectivity index (χ0) is 31.2. The van der Waals surface area contributed by atoms with Crippen molar-refractivity contribution in [3.8, 4) is 45.6 Å². The van der Waals surface area contributed by atoms with E-state index in [1.165, 1.54) is 21.0 Å². The van der Waals surface area contributed by atoms with Gasteiger partial charge in [0.1, 0.15) is 40.4 Å². The van der Waals surface area contributed by atoms with E-state index in [-0.39, 0.29) is 24.2 Å². The summed E-state index contributed by atoms with van der Waals surface area (Å²) in [4.78, 5) is 24.1. The highest BCUT2D eigenvalue weighted by molar-refractivity contribution is 5.98. The van der Waals surface area contributed by atoms with E-state index in [0.29, 0.717) is 46.5 Å². The number of carbonyl (C=O) groups excluding carboxylic acids is 2. The molecule has 0 aliphatic carbocycles. The van der Waals surface area contributed by atoms with E-state index in [1.807, 2.05) is 54.6 Å². The van der Waals surface area contributed by atoms with E-state index < -0.39 is 11.9 Å². The van der Waals surface area contributed by atoms with Gasteiger partial charge in [0.05, 0.1) is 26.7 Å². The first-order chi connectivity index (χ1) is 21.8. The summed E-state index contributed by atoms with van der Waals surface area (Å²) in [5.74, 6) is 2.79. The average Bonchev–Trinajstić information content (AvgIpc) is 3.57. The Morgan fingerprint density at radius 3 is 2.31 bits per heavy atom. The Morgan fingerprint density at radius 1 is 0.800 bits per heavy atom. The van der Waals surface area contributed by atoms with Crippen LogP contribution in [0.1, 0.15) is 48.3 Å². The number of esters is 2. The lowest BCUT2D eigenvalue weighted by molar-refractivity contribution is -0.132. The number of carbonyl (C=O) groups is 2. The fourth-order valence-corrected chi connectivity index (χ4v) is 6.20. The van der Waals surface area contributed by atoms with Gasteiger partial charge in [0.15, 0.2) is 11.5 Å². The van der Waals surface area contributed by atoms with Crippen molar-refractivity contribution < 1.29 is 42.4 Å². The normalized spacial score (nSPS) is 16.1. The van der Waals surface area contributed by atoms with Crippen LogP contribution in [-0.4, -0.2) is 32.8 Å². The zero-order valence-electron chi connectivity index (χ0n) is 25.2. The summed E-state index contributed by atoms with van der Waals surface area (Å²) in [6.07, 6.45) is -0.0150. The van der Waals surface area contributed by atoms with E-state index >= 15 is 0 Å². The van der Waals surface area contributed by atoms with Crippen LogP contribution in [0, 0.1) is 0 Å². The molecule has 0 saturated carbocycles. The van der Waals surface area contributed by atoms with Gasteiger partial charge in [-0.05, 0) is 23.8 Å². The fourth-order valence-electron chi connectivity index (χ4n) is 6.20. The Labute approximate surface area is 259 Å². The van der Waals surface area contributed by atoms with Gasteiger partial charge in [-0.15, -0.1) is 0 Å². The van der Waals surface area contributed by atoms with Crippen LogP contribution < -0.4 is 28.4 Å². The van der Waals surface area contributed by atoms with Crippen LogP contribution in [0.25, 0.3) is 22.1 Å². The van der Waals surface area contributed by atoms with Gasteiger partial charge in [0, 0.05) is 66.1 Å². The highest BCUT2D eigenvalue weighted by atomic mass is 16.6. The molecule has 2 aliphatic rings. The Morgan fingerprint density at radius 2 is 1.58 bits per heavy atom.